The molecule has 7 rings (SSSR count). The summed E-state index contributed by atoms with van der Waals surface area (Å²) in [6, 6.07) is 8.81. The Bertz CT molecular complexity index is 1660. The normalized spacial score (nSPS) is 25.9. The van der Waals surface area contributed by atoms with E-state index in [1.54, 1.807) is 6.07 Å². The van der Waals surface area contributed by atoms with Crippen molar-refractivity contribution < 1.29 is 23.0 Å². The fraction of sp³-hybridized carbons (Fsp3) is 0.571. The van der Waals surface area contributed by atoms with Gasteiger partial charge in [0.25, 0.3) is 0 Å². The second kappa shape index (κ2) is 13.1. The van der Waals surface area contributed by atoms with Gasteiger partial charge in [0, 0.05) is 44.0 Å². The van der Waals surface area contributed by atoms with E-state index in [0.29, 0.717) is 44.0 Å². The summed E-state index contributed by atoms with van der Waals surface area (Å²) in [6.45, 7) is 5.13. The van der Waals surface area contributed by atoms with E-state index in [1.807, 2.05) is 17.0 Å². The molecule has 1 unspecified atom stereocenters. The van der Waals surface area contributed by atoms with Crippen LogP contribution in [-0.2, 0) is 22.9 Å². The molecule has 3 fully saturated rings. The Balaban J connectivity index is 1.21. The number of fused-ring (bicyclic) bond motifs is 2. The van der Waals surface area contributed by atoms with Crippen LogP contribution in [0.3, 0.4) is 0 Å². The lowest BCUT2D eigenvalue weighted by molar-refractivity contribution is -0.136. The van der Waals surface area contributed by atoms with Crippen LogP contribution >= 0.6 is 0 Å². The van der Waals surface area contributed by atoms with E-state index in [4.69, 9.17) is 4.74 Å². The van der Waals surface area contributed by atoms with Crippen molar-refractivity contribution in [1.82, 2.24) is 28.8 Å². The van der Waals surface area contributed by atoms with Crippen LogP contribution in [0.15, 0.2) is 59.7 Å². The number of hydrogen-bond acceptors (Lipinski definition) is 7. The van der Waals surface area contributed by atoms with E-state index in [9.17, 15) is 23.1 Å². The summed E-state index contributed by atoms with van der Waals surface area (Å²) in [4.78, 5) is 18.2. The van der Waals surface area contributed by atoms with Crippen LogP contribution in [0.5, 0.6) is 0 Å². The van der Waals surface area contributed by atoms with Gasteiger partial charge in [-0.1, -0.05) is 24.3 Å². The largest absolute Gasteiger partial charge is 0.418 e. The van der Waals surface area contributed by atoms with E-state index >= 15 is 0 Å². The molecule has 3 aromatic rings. The summed E-state index contributed by atoms with van der Waals surface area (Å²) in [5, 5.41) is 15.1. The molecule has 2 aromatic heterocycles. The zero-order valence-electron chi connectivity index (χ0n) is 27.0. The minimum absolute atomic E-state index is 0.177. The summed E-state index contributed by atoms with van der Waals surface area (Å²) in [5.74, 6) is 0. The van der Waals surface area contributed by atoms with Gasteiger partial charge in [0.2, 0.25) is 0 Å². The smallest absolute Gasteiger partial charge is 0.392 e. The van der Waals surface area contributed by atoms with Gasteiger partial charge in [-0.2, -0.15) is 13.2 Å². The molecular weight excluding hydrogens is 609 g/mol. The third-order valence-corrected chi connectivity index (χ3v) is 10.4. The van der Waals surface area contributed by atoms with E-state index in [1.165, 1.54) is 17.0 Å². The number of aromatic nitrogens is 2. The van der Waals surface area contributed by atoms with Crippen molar-refractivity contribution in [3.8, 4) is 5.69 Å². The second-order valence-electron chi connectivity index (χ2n) is 13.9. The van der Waals surface area contributed by atoms with Crippen molar-refractivity contribution in [3.63, 3.8) is 0 Å². The van der Waals surface area contributed by atoms with Crippen LogP contribution in [-0.4, -0.2) is 99.3 Å². The van der Waals surface area contributed by atoms with Crippen molar-refractivity contribution in [2.75, 3.05) is 53.1 Å². The van der Waals surface area contributed by atoms with E-state index in [-0.39, 0.29) is 23.6 Å². The Morgan fingerprint density at radius 3 is 2.66 bits per heavy atom. The van der Waals surface area contributed by atoms with E-state index in [0.717, 1.165) is 74.3 Å². The Kier molecular flexibility index (Phi) is 9.09. The molecule has 0 aliphatic carbocycles. The molecule has 4 aliphatic heterocycles. The zero-order valence-corrected chi connectivity index (χ0v) is 27.0. The lowest BCUT2D eigenvalue weighted by Gasteiger charge is -2.46. The van der Waals surface area contributed by atoms with Crippen LogP contribution < -0.4 is 5.69 Å². The van der Waals surface area contributed by atoms with Gasteiger partial charge in [-0.05, 0) is 87.9 Å². The van der Waals surface area contributed by atoms with Gasteiger partial charge in [0.1, 0.15) is 0 Å². The molecule has 47 heavy (non-hydrogen) atoms. The number of aliphatic hydroxyl groups excluding tert-OH is 1. The number of alkyl halides is 3. The topological polar surface area (TPSA) is 68.8 Å². The highest BCUT2D eigenvalue weighted by Crippen LogP contribution is 2.41. The summed E-state index contributed by atoms with van der Waals surface area (Å²) in [5.41, 5.74) is 0.110. The maximum Gasteiger partial charge on any atom is 0.418 e. The van der Waals surface area contributed by atoms with Crippen molar-refractivity contribution in [2.24, 2.45) is 0 Å². The molecule has 2 atom stereocenters. The third-order valence-electron chi connectivity index (χ3n) is 10.4. The minimum atomic E-state index is -4.64. The summed E-state index contributed by atoms with van der Waals surface area (Å²) in [7, 11) is 2.16. The van der Waals surface area contributed by atoms with Crippen molar-refractivity contribution in [1.29, 1.82) is 0 Å². The third kappa shape index (κ3) is 6.56. The Morgan fingerprint density at radius 1 is 1.04 bits per heavy atom. The zero-order chi connectivity index (χ0) is 32.8. The monoisotopic (exact) mass is 654 g/mol. The summed E-state index contributed by atoms with van der Waals surface area (Å²) < 4.78 is 51.6. The number of likely N-dealkylation sites (tertiary alicyclic amines) is 1. The molecule has 0 saturated carbocycles. The molecule has 1 aromatic carbocycles. The summed E-state index contributed by atoms with van der Waals surface area (Å²) in [6.07, 6.45) is 9.06. The van der Waals surface area contributed by atoms with Crippen LogP contribution in [0.4, 0.5) is 13.2 Å². The molecule has 3 saturated heterocycles. The number of nitrogens with zero attached hydrogens (tertiary/aromatic N) is 6. The predicted molar refractivity (Wildman–Crippen MR) is 173 cm³/mol. The molecule has 6 heterocycles. The number of pyridine rings is 1. The first-order chi connectivity index (χ1) is 22.6. The van der Waals surface area contributed by atoms with E-state index in [2.05, 4.69) is 40.2 Å². The lowest BCUT2D eigenvalue weighted by Crippen LogP contribution is -2.54. The second-order valence-corrected chi connectivity index (χ2v) is 13.9. The molecule has 0 bridgehead atoms. The number of benzene rings is 1. The van der Waals surface area contributed by atoms with Gasteiger partial charge in [0.15, 0.2) is 0 Å². The molecule has 9 nitrogen and oxygen atoms in total. The van der Waals surface area contributed by atoms with Gasteiger partial charge in [-0.25, -0.2) is 14.8 Å². The molecule has 1 N–H and O–H groups in total. The van der Waals surface area contributed by atoms with Crippen LogP contribution in [0.2, 0.25) is 0 Å². The molecule has 0 amide bonds. The fourth-order valence-electron chi connectivity index (χ4n) is 7.84. The number of rotatable bonds is 6. The lowest BCUT2D eigenvalue weighted by atomic mass is 9.74. The molecule has 4 aliphatic rings. The van der Waals surface area contributed by atoms with Gasteiger partial charge in [-0.15, -0.1) is 0 Å². The van der Waals surface area contributed by atoms with Gasteiger partial charge >= 0.3 is 11.9 Å². The predicted octanol–water partition coefficient (Wildman–Crippen LogP) is 4.60. The molecule has 0 spiro atoms. The van der Waals surface area contributed by atoms with Gasteiger partial charge < -0.3 is 9.84 Å². The summed E-state index contributed by atoms with van der Waals surface area (Å²) >= 11 is 0. The van der Waals surface area contributed by atoms with Crippen molar-refractivity contribution in [3.05, 3.63) is 82.1 Å². The number of hydrazine groups is 1. The highest BCUT2D eigenvalue weighted by molar-refractivity contribution is 5.58. The molecular formula is C35H45F3N6O3. The first-order valence-electron chi connectivity index (χ1n) is 16.9. The number of aliphatic hydroxyl groups is 1. The SMILES string of the molecule is CN1CN2C/C=C\CCCCN2C1CC1(c2cccc(-n3cc4c(C(F)(F)F)cc(CN5CCCC[C@H](O)C5)cn4c3=O)c2)COC1. The average Bonchev–Trinajstić information content (AvgIpc) is 3.44. The van der Waals surface area contributed by atoms with Crippen LogP contribution in [0, 0.1) is 0 Å². The Hall–Kier alpha value is -3.00. The Labute approximate surface area is 273 Å². The molecule has 254 valence electrons. The molecule has 0 radical (unpaired) electrons. The number of allylic oxidation sites excluding steroid dienone is 1. The number of ether oxygens (including phenoxy) is 1. The number of β-amino-alcohol motifs (C(OH)–C–C–N with tert-alkyl or cyclic N) is 1. The number of halogens is 3. The highest BCUT2D eigenvalue weighted by atomic mass is 19.4. The highest BCUT2D eigenvalue weighted by Gasteiger charge is 2.47. The van der Waals surface area contributed by atoms with Crippen LogP contribution in [0.1, 0.15) is 61.6 Å². The van der Waals surface area contributed by atoms with Gasteiger partial charge in [-0.3, -0.25) is 18.8 Å². The first kappa shape index (κ1) is 32.5. The van der Waals surface area contributed by atoms with Gasteiger partial charge in [0.05, 0.1) is 48.9 Å². The van der Waals surface area contributed by atoms with E-state index < -0.39 is 23.5 Å². The Morgan fingerprint density at radius 2 is 1.87 bits per heavy atom. The minimum Gasteiger partial charge on any atom is -0.392 e. The average molecular weight is 655 g/mol. The van der Waals surface area contributed by atoms with Crippen LogP contribution in [0.25, 0.3) is 11.2 Å². The maximum atomic E-state index is 14.4. The fourth-order valence-corrected chi connectivity index (χ4v) is 7.84. The standard InChI is InChI=1S/C35H45F3N6O3/c1-39-25-41-14-6-3-2-4-7-15-44(41)32(39)18-34(23-47-24-34)27-10-9-11-28(17-27)42-22-31-30(35(36,37)38)16-26(20-43(31)33(42)46)19-40-13-8-5-12-29(45)21-40/h3,6,9-11,16-17,20,22,29,32,45H,2,4-5,7-8,12-15,18-19,21,23-25H2,1H3/b6-3-/t29-,32?/m0/s1. The number of imidazole rings is 1. The quantitative estimate of drug-likeness (QED) is 0.390. The van der Waals surface area contributed by atoms with Crippen molar-refractivity contribution >= 4 is 5.52 Å². The first-order valence-corrected chi connectivity index (χ1v) is 16.9. The number of hydrogen-bond donors (Lipinski definition) is 1. The maximum absolute atomic E-state index is 14.4. The molecule has 12 heteroatoms. The van der Waals surface area contributed by atoms with Crippen molar-refractivity contribution in [2.45, 2.75) is 75.4 Å².